The normalized spacial score (nSPS) is 20.6. The van der Waals surface area contributed by atoms with Crippen molar-refractivity contribution in [3.8, 4) is 11.5 Å². The summed E-state index contributed by atoms with van der Waals surface area (Å²) >= 11 is 0. The minimum absolute atomic E-state index is 0.120. The van der Waals surface area contributed by atoms with Crippen molar-refractivity contribution >= 4 is 11.6 Å². The fourth-order valence-corrected chi connectivity index (χ4v) is 2.08. The number of hydrogen-bond acceptors (Lipinski definition) is 4. The molecule has 114 valence electrons. The molecule has 3 N–H and O–H groups in total. The van der Waals surface area contributed by atoms with Gasteiger partial charge >= 0.3 is 6.61 Å². The van der Waals surface area contributed by atoms with Gasteiger partial charge in [-0.15, -0.1) is 0 Å². The maximum atomic E-state index is 12.4. The van der Waals surface area contributed by atoms with Gasteiger partial charge in [-0.05, 0) is 18.6 Å². The zero-order valence-electron chi connectivity index (χ0n) is 11.4. The number of ether oxygens (including phenoxy) is 2. The lowest BCUT2D eigenvalue weighted by Gasteiger charge is -2.15. The molecule has 5 nitrogen and oxygen atoms in total. The van der Waals surface area contributed by atoms with E-state index in [9.17, 15) is 13.6 Å². The zero-order valence-corrected chi connectivity index (χ0v) is 11.4. The molecular formula is C14H16F2N2O3. The summed E-state index contributed by atoms with van der Waals surface area (Å²) in [5, 5.41) is 2.57. The fraction of sp³-hybridized carbons (Fsp3) is 0.357. The molecule has 1 aliphatic carbocycles. The largest absolute Gasteiger partial charge is 0.497 e. The Morgan fingerprint density at radius 1 is 1.43 bits per heavy atom. The number of methoxy groups -OCH3 is 1. The summed E-state index contributed by atoms with van der Waals surface area (Å²) in [6, 6.07) is 4.05. The monoisotopic (exact) mass is 298 g/mol. The van der Waals surface area contributed by atoms with Crippen LogP contribution in [0.15, 0.2) is 30.4 Å². The van der Waals surface area contributed by atoms with Gasteiger partial charge in [0.05, 0.1) is 18.7 Å². The lowest BCUT2D eigenvalue weighted by Crippen LogP contribution is -2.24. The molecule has 0 spiro atoms. The maximum Gasteiger partial charge on any atom is 0.387 e. The smallest absolute Gasteiger partial charge is 0.387 e. The lowest BCUT2D eigenvalue weighted by molar-refractivity contribution is -0.118. The van der Waals surface area contributed by atoms with Crippen LogP contribution in [-0.4, -0.2) is 25.7 Å². The van der Waals surface area contributed by atoms with E-state index in [1.165, 1.54) is 25.3 Å². The first-order chi connectivity index (χ1) is 9.99. The maximum absolute atomic E-state index is 12.4. The Morgan fingerprint density at radius 3 is 2.76 bits per heavy atom. The van der Waals surface area contributed by atoms with Crippen LogP contribution in [0.25, 0.3) is 0 Å². The van der Waals surface area contributed by atoms with Crippen LogP contribution in [0.2, 0.25) is 0 Å². The van der Waals surface area contributed by atoms with Gasteiger partial charge in [-0.25, -0.2) is 0 Å². The van der Waals surface area contributed by atoms with Crippen molar-refractivity contribution < 1.29 is 23.0 Å². The molecule has 2 rings (SSSR count). The van der Waals surface area contributed by atoms with Crippen molar-refractivity contribution in [2.24, 2.45) is 11.7 Å². The molecule has 1 aromatic carbocycles. The molecule has 2 unspecified atom stereocenters. The predicted octanol–water partition coefficient (Wildman–Crippen LogP) is 2.14. The molecule has 7 heteroatoms. The van der Waals surface area contributed by atoms with Crippen molar-refractivity contribution in [1.29, 1.82) is 0 Å². The molecule has 1 amide bonds. The number of carbonyl (C=O) groups excluding carboxylic acids is 1. The number of halogens is 2. The van der Waals surface area contributed by atoms with Crippen LogP contribution >= 0.6 is 0 Å². The minimum Gasteiger partial charge on any atom is -0.497 e. The van der Waals surface area contributed by atoms with Gasteiger partial charge < -0.3 is 20.5 Å². The quantitative estimate of drug-likeness (QED) is 0.817. The van der Waals surface area contributed by atoms with Crippen molar-refractivity contribution in [2.45, 2.75) is 19.1 Å². The van der Waals surface area contributed by atoms with E-state index in [2.05, 4.69) is 10.1 Å². The van der Waals surface area contributed by atoms with Gasteiger partial charge in [0, 0.05) is 12.1 Å². The Labute approximate surface area is 120 Å². The molecule has 0 bridgehead atoms. The third-order valence-electron chi connectivity index (χ3n) is 3.11. The van der Waals surface area contributed by atoms with Crippen LogP contribution in [0.5, 0.6) is 11.5 Å². The Morgan fingerprint density at radius 2 is 2.19 bits per heavy atom. The van der Waals surface area contributed by atoms with E-state index >= 15 is 0 Å². The van der Waals surface area contributed by atoms with Crippen LogP contribution in [-0.2, 0) is 4.79 Å². The average Bonchev–Trinajstić information content (AvgIpc) is 2.87. The van der Waals surface area contributed by atoms with Crippen LogP contribution in [0.3, 0.4) is 0 Å². The van der Waals surface area contributed by atoms with Crippen molar-refractivity contribution in [2.75, 3.05) is 12.4 Å². The lowest BCUT2D eigenvalue weighted by atomic mass is 10.1. The molecule has 0 heterocycles. The van der Waals surface area contributed by atoms with Crippen molar-refractivity contribution in [3.05, 3.63) is 30.4 Å². The Bertz CT molecular complexity index is 549. The molecule has 21 heavy (non-hydrogen) atoms. The fourth-order valence-electron chi connectivity index (χ4n) is 2.08. The van der Waals surface area contributed by atoms with Crippen LogP contribution in [0.4, 0.5) is 14.5 Å². The highest BCUT2D eigenvalue weighted by Gasteiger charge is 2.24. The standard InChI is InChI=1S/C14H16F2N2O3/c1-20-10-4-5-12(21-14(15)16)11(7-10)18-13(19)8-2-3-9(17)6-8/h2-5,7-9,14H,6,17H2,1H3,(H,18,19). The van der Waals surface area contributed by atoms with Gasteiger partial charge in [0.15, 0.2) is 0 Å². The average molecular weight is 298 g/mol. The van der Waals surface area contributed by atoms with Gasteiger partial charge in [-0.1, -0.05) is 12.2 Å². The summed E-state index contributed by atoms with van der Waals surface area (Å²) in [7, 11) is 1.44. The van der Waals surface area contributed by atoms with E-state index < -0.39 is 6.61 Å². The molecule has 1 aromatic rings. The number of rotatable bonds is 5. The highest BCUT2D eigenvalue weighted by atomic mass is 19.3. The molecule has 0 aliphatic heterocycles. The zero-order chi connectivity index (χ0) is 15.4. The van der Waals surface area contributed by atoms with Gasteiger partial charge in [-0.3, -0.25) is 4.79 Å². The SMILES string of the molecule is COc1ccc(OC(F)F)c(NC(=O)C2C=CC(N)C2)c1. The summed E-state index contributed by atoms with van der Waals surface area (Å²) in [5.41, 5.74) is 5.82. The molecule has 0 fully saturated rings. The van der Waals surface area contributed by atoms with Gasteiger partial charge in [-0.2, -0.15) is 8.78 Å². The van der Waals surface area contributed by atoms with Crippen LogP contribution in [0.1, 0.15) is 6.42 Å². The second-order valence-corrected chi connectivity index (χ2v) is 4.62. The Balaban J connectivity index is 2.16. The first kappa shape index (κ1) is 15.2. The van der Waals surface area contributed by atoms with E-state index in [0.29, 0.717) is 12.2 Å². The number of benzene rings is 1. The van der Waals surface area contributed by atoms with E-state index in [4.69, 9.17) is 10.5 Å². The third kappa shape index (κ3) is 3.91. The number of alkyl halides is 2. The number of amides is 1. The first-order valence-electron chi connectivity index (χ1n) is 6.37. The summed E-state index contributed by atoms with van der Waals surface area (Å²) in [6.45, 7) is -2.98. The van der Waals surface area contributed by atoms with Crippen LogP contribution < -0.4 is 20.5 Å². The predicted molar refractivity (Wildman–Crippen MR) is 73.5 cm³/mol. The van der Waals surface area contributed by atoms with Gasteiger partial charge in [0.2, 0.25) is 5.91 Å². The molecule has 0 saturated heterocycles. The Kier molecular flexibility index (Phi) is 4.74. The van der Waals surface area contributed by atoms with Crippen molar-refractivity contribution in [3.63, 3.8) is 0 Å². The molecule has 0 aromatic heterocycles. The van der Waals surface area contributed by atoms with E-state index in [1.807, 2.05) is 0 Å². The first-order valence-corrected chi connectivity index (χ1v) is 6.37. The summed E-state index contributed by atoms with van der Waals surface area (Å²) in [4.78, 5) is 12.1. The summed E-state index contributed by atoms with van der Waals surface area (Å²) in [6.07, 6.45) is 3.93. The topological polar surface area (TPSA) is 73.6 Å². The minimum atomic E-state index is -2.98. The third-order valence-corrected chi connectivity index (χ3v) is 3.11. The van der Waals surface area contributed by atoms with Crippen molar-refractivity contribution in [1.82, 2.24) is 0 Å². The van der Waals surface area contributed by atoms with Gasteiger partial charge in [0.25, 0.3) is 0 Å². The molecular weight excluding hydrogens is 282 g/mol. The second kappa shape index (κ2) is 6.53. The second-order valence-electron chi connectivity index (χ2n) is 4.62. The van der Waals surface area contributed by atoms with E-state index in [-0.39, 0.29) is 29.3 Å². The van der Waals surface area contributed by atoms with Crippen LogP contribution in [0, 0.1) is 5.92 Å². The highest BCUT2D eigenvalue weighted by Crippen LogP contribution is 2.31. The highest BCUT2D eigenvalue weighted by molar-refractivity contribution is 5.95. The number of carbonyl (C=O) groups is 1. The summed E-state index contributed by atoms with van der Waals surface area (Å²) < 4.78 is 34.2. The molecule has 0 saturated carbocycles. The number of anilines is 1. The molecule has 0 radical (unpaired) electrons. The van der Waals surface area contributed by atoms with Gasteiger partial charge in [0.1, 0.15) is 11.5 Å². The van der Waals surface area contributed by atoms with E-state index in [0.717, 1.165) is 0 Å². The molecule has 1 aliphatic rings. The number of nitrogens with one attached hydrogen (secondary N) is 1. The van der Waals surface area contributed by atoms with E-state index in [1.54, 1.807) is 12.2 Å². The molecule has 2 atom stereocenters. The number of nitrogens with two attached hydrogens (primary N) is 1. The summed E-state index contributed by atoms with van der Waals surface area (Å²) in [5.74, 6) is -0.409. The Hall–Kier alpha value is -2.15. The number of hydrogen-bond donors (Lipinski definition) is 2.